The maximum atomic E-state index is 13.7. The Balaban J connectivity index is 1.29. The molecular formula is C29H33BrN4O4S. The number of rotatable bonds is 9. The van der Waals surface area contributed by atoms with E-state index in [4.69, 9.17) is 26.4 Å². The zero-order chi connectivity index (χ0) is 26.9. The predicted molar refractivity (Wildman–Crippen MR) is 157 cm³/mol. The van der Waals surface area contributed by atoms with Gasteiger partial charge in [-0.05, 0) is 60.1 Å². The third-order valence-electron chi connectivity index (χ3n) is 7.89. The van der Waals surface area contributed by atoms with Crippen molar-refractivity contribution < 1.29 is 19.0 Å². The van der Waals surface area contributed by atoms with Gasteiger partial charge in [0.1, 0.15) is 18.4 Å². The molecule has 10 heteroatoms. The van der Waals surface area contributed by atoms with Gasteiger partial charge in [-0.15, -0.1) is 0 Å². The van der Waals surface area contributed by atoms with Gasteiger partial charge in [0.05, 0.1) is 19.3 Å². The number of ether oxygens (including phenoxy) is 3. The van der Waals surface area contributed by atoms with Crippen molar-refractivity contribution in [3.05, 3.63) is 63.8 Å². The number of morpholine rings is 1. The molecule has 39 heavy (non-hydrogen) atoms. The van der Waals surface area contributed by atoms with Crippen molar-refractivity contribution >= 4 is 50.1 Å². The van der Waals surface area contributed by atoms with Gasteiger partial charge in [-0.25, -0.2) is 0 Å². The lowest BCUT2D eigenvalue weighted by molar-refractivity contribution is -0.128. The van der Waals surface area contributed by atoms with E-state index < -0.39 is 0 Å². The Hall–Kier alpha value is -2.50. The Bertz CT molecular complexity index is 1360. The molecular weight excluding hydrogens is 580 g/mol. The molecule has 2 aromatic carbocycles. The fourth-order valence-electron chi connectivity index (χ4n) is 5.93. The van der Waals surface area contributed by atoms with Crippen molar-refractivity contribution in [3.63, 3.8) is 0 Å². The van der Waals surface area contributed by atoms with Crippen LogP contribution in [0.15, 0.2) is 46.9 Å². The van der Waals surface area contributed by atoms with Gasteiger partial charge in [-0.1, -0.05) is 28.1 Å². The summed E-state index contributed by atoms with van der Waals surface area (Å²) in [6.45, 7) is 6.13. The topological polar surface area (TPSA) is 70.3 Å². The first-order valence-corrected chi connectivity index (χ1v) is 14.7. The van der Waals surface area contributed by atoms with Gasteiger partial charge in [-0.3, -0.25) is 14.6 Å². The van der Waals surface area contributed by atoms with Crippen LogP contribution in [0.1, 0.15) is 29.3 Å². The quantitative estimate of drug-likeness (QED) is 0.288. The molecule has 2 atom stereocenters. The molecule has 1 amide bonds. The highest BCUT2D eigenvalue weighted by Crippen LogP contribution is 2.44. The van der Waals surface area contributed by atoms with Crippen LogP contribution in [-0.4, -0.2) is 96.5 Å². The Morgan fingerprint density at radius 2 is 1.90 bits per heavy atom. The molecule has 3 aliphatic heterocycles. The number of halogens is 1. The number of carbonyl (C=O) groups excluding carboxylic acids is 1. The minimum Gasteiger partial charge on any atom is -0.492 e. The zero-order valence-corrected chi connectivity index (χ0v) is 24.4. The fraction of sp³-hybridized carbons (Fsp3) is 0.448. The molecule has 8 nitrogen and oxygen atoms in total. The second-order valence-electron chi connectivity index (χ2n) is 10.2. The zero-order valence-electron chi connectivity index (χ0n) is 22.0. The van der Waals surface area contributed by atoms with E-state index in [2.05, 4.69) is 55.0 Å². The van der Waals surface area contributed by atoms with E-state index in [-0.39, 0.29) is 18.0 Å². The monoisotopic (exact) mass is 612 g/mol. The van der Waals surface area contributed by atoms with Crippen LogP contribution >= 0.6 is 28.1 Å². The molecule has 0 radical (unpaired) electrons. The lowest BCUT2D eigenvalue weighted by Gasteiger charge is -2.37. The summed E-state index contributed by atoms with van der Waals surface area (Å²) in [4.78, 5) is 23.6. The molecule has 1 aromatic heterocycles. The summed E-state index contributed by atoms with van der Waals surface area (Å²) in [5, 5.41) is 1.73. The number of H-pyrrole nitrogens is 1. The van der Waals surface area contributed by atoms with Crippen molar-refractivity contribution in [2.45, 2.75) is 24.9 Å². The van der Waals surface area contributed by atoms with Crippen molar-refractivity contribution in [2.75, 3.05) is 59.7 Å². The first-order valence-electron chi connectivity index (χ1n) is 13.5. The van der Waals surface area contributed by atoms with E-state index in [0.717, 1.165) is 71.7 Å². The molecule has 3 aliphatic rings. The third kappa shape index (κ3) is 5.20. The van der Waals surface area contributed by atoms with E-state index >= 15 is 0 Å². The largest absolute Gasteiger partial charge is 0.492 e. The van der Waals surface area contributed by atoms with Crippen molar-refractivity contribution in [1.29, 1.82) is 0 Å². The van der Waals surface area contributed by atoms with Gasteiger partial charge in [0.15, 0.2) is 5.11 Å². The highest BCUT2D eigenvalue weighted by Gasteiger charge is 2.50. The van der Waals surface area contributed by atoms with Crippen LogP contribution in [0.4, 0.5) is 0 Å². The summed E-state index contributed by atoms with van der Waals surface area (Å²) in [6.07, 6.45) is 1.36. The van der Waals surface area contributed by atoms with Crippen LogP contribution in [0.25, 0.3) is 10.9 Å². The standard InChI is InChI=1S/C29H33BrN4O4S/c1-36-13-2-9-33-28(35)25-18-23-22-17-20(30)5-8-24(22)31-26(23)27(34(25)29(33)39)19-3-6-21(7-4-19)38-16-12-32-10-14-37-15-11-32/h3-8,17,25,27,31H,2,9-16,18H2,1H3. The highest BCUT2D eigenvalue weighted by molar-refractivity contribution is 9.10. The average Bonchev–Trinajstić information content (AvgIpc) is 3.43. The second kappa shape index (κ2) is 11.5. The Labute approximate surface area is 242 Å². The van der Waals surface area contributed by atoms with Gasteiger partial charge in [0.25, 0.3) is 5.91 Å². The van der Waals surface area contributed by atoms with Crippen LogP contribution in [0.2, 0.25) is 0 Å². The van der Waals surface area contributed by atoms with Crippen LogP contribution in [0.5, 0.6) is 5.75 Å². The van der Waals surface area contributed by atoms with Gasteiger partial charge in [-0.2, -0.15) is 0 Å². The number of aromatic nitrogens is 1. The lowest BCUT2D eigenvalue weighted by Crippen LogP contribution is -2.44. The minimum absolute atomic E-state index is 0.0687. The first-order chi connectivity index (χ1) is 19.0. The number of amides is 1. The summed E-state index contributed by atoms with van der Waals surface area (Å²) in [5.74, 6) is 0.903. The smallest absolute Gasteiger partial charge is 0.251 e. The van der Waals surface area contributed by atoms with Gasteiger partial charge in [0, 0.05) is 67.4 Å². The normalized spacial score (nSPS) is 21.5. The molecule has 0 aliphatic carbocycles. The number of nitrogens with one attached hydrogen (secondary N) is 1. The maximum Gasteiger partial charge on any atom is 0.251 e. The Kier molecular flexibility index (Phi) is 7.91. The third-order valence-corrected chi connectivity index (χ3v) is 8.82. The van der Waals surface area contributed by atoms with Crippen LogP contribution in [0, 0.1) is 0 Å². The molecule has 3 aromatic rings. The summed E-state index contributed by atoms with van der Waals surface area (Å²) >= 11 is 9.57. The molecule has 4 heterocycles. The SMILES string of the molecule is COCCCN1C(=O)C2Cc3c([nH]c4ccc(Br)cc34)C(c3ccc(OCCN4CCOCC4)cc3)N2C1=S. The molecule has 2 fully saturated rings. The average molecular weight is 614 g/mol. The van der Waals surface area contributed by atoms with Crippen molar-refractivity contribution in [2.24, 2.45) is 0 Å². The van der Waals surface area contributed by atoms with Crippen LogP contribution in [0.3, 0.4) is 0 Å². The predicted octanol–water partition coefficient (Wildman–Crippen LogP) is 4.12. The Morgan fingerprint density at radius 1 is 1.10 bits per heavy atom. The molecule has 0 spiro atoms. The van der Waals surface area contributed by atoms with E-state index in [1.54, 1.807) is 12.0 Å². The summed E-state index contributed by atoms with van der Waals surface area (Å²) < 4.78 is 17.7. The fourth-order valence-corrected chi connectivity index (χ4v) is 6.71. The number of hydrogen-bond acceptors (Lipinski definition) is 6. The number of nitrogens with zero attached hydrogens (tertiary/aromatic N) is 3. The molecule has 6 rings (SSSR count). The van der Waals surface area contributed by atoms with E-state index in [1.807, 2.05) is 18.2 Å². The maximum absolute atomic E-state index is 13.7. The van der Waals surface area contributed by atoms with Crippen molar-refractivity contribution in [1.82, 2.24) is 19.7 Å². The van der Waals surface area contributed by atoms with E-state index in [1.165, 1.54) is 5.56 Å². The highest BCUT2D eigenvalue weighted by atomic mass is 79.9. The molecule has 1 N–H and O–H groups in total. The summed E-state index contributed by atoms with van der Waals surface area (Å²) in [7, 11) is 1.68. The van der Waals surface area contributed by atoms with E-state index in [0.29, 0.717) is 31.3 Å². The number of fused-ring (bicyclic) bond motifs is 4. The van der Waals surface area contributed by atoms with Crippen LogP contribution in [-0.2, 0) is 20.7 Å². The molecule has 2 saturated heterocycles. The van der Waals surface area contributed by atoms with Crippen LogP contribution < -0.4 is 4.74 Å². The summed E-state index contributed by atoms with van der Waals surface area (Å²) in [6, 6.07) is 14.0. The summed E-state index contributed by atoms with van der Waals surface area (Å²) in [5.41, 5.74) is 4.40. The number of thiocarbonyl (C=S) groups is 1. The molecule has 206 valence electrons. The number of aromatic amines is 1. The minimum atomic E-state index is -0.333. The van der Waals surface area contributed by atoms with Gasteiger partial charge >= 0.3 is 0 Å². The molecule has 2 unspecified atom stereocenters. The van der Waals surface area contributed by atoms with E-state index in [9.17, 15) is 4.79 Å². The second-order valence-corrected chi connectivity index (χ2v) is 11.5. The van der Waals surface area contributed by atoms with Gasteiger partial charge in [0.2, 0.25) is 0 Å². The number of methoxy groups -OCH3 is 1. The first kappa shape index (κ1) is 26.7. The number of benzene rings is 2. The number of hydrogen-bond donors (Lipinski definition) is 1. The lowest BCUT2D eigenvalue weighted by atomic mass is 9.89. The van der Waals surface area contributed by atoms with Gasteiger partial charge < -0.3 is 24.1 Å². The Morgan fingerprint density at radius 3 is 2.67 bits per heavy atom. The number of carbonyl (C=O) groups is 1. The molecule has 0 bridgehead atoms. The van der Waals surface area contributed by atoms with Crippen molar-refractivity contribution in [3.8, 4) is 5.75 Å². The molecule has 0 saturated carbocycles.